The fraction of sp³-hybridized carbons (Fsp3) is 0.385. The molecule has 2 aromatic rings. The van der Waals surface area contributed by atoms with Crippen molar-refractivity contribution in [2.75, 3.05) is 0 Å². The summed E-state index contributed by atoms with van der Waals surface area (Å²) in [6.07, 6.45) is 3.09. The van der Waals surface area contributed by atoms with E-state index in [9.17, 15) is 9.59 Å². The number of nitrogens with one attached hydrogen (secondary N) is 2. The Morgan fingerprint density at radius 1 is 1.17 bits per heavy atom. The van der Waals surface area contributed by atoms with Crippen LogP contribution in [0.5, 0.6) is 0 Å². The molecule has 0 fully saturated rings. The highest BCUT2D eigenvalue weighted by Crippen LogP contribution is 2.19. The molecule has 1 atom stereocenters. The van der Waals surface area contributed by atoms with Crippen molar-refractivity contribution in [3.8, 4) is 0 Å². The lowest BCUT2D eigenvalue weighted by atomic mass is 10.0. The van der Waals surface area contributed by atoms with Crippen LogP contribution in [0.2, 0.25) is 0 Å². The predicted octanol–water partition coefficient (Wildman–Crippen LogP) is 1.41. The molecule has 0 saturated heterocycles. The van der Waals surface area contributed by atoms with Crippen LogP contribution in [0.3, 0.4) is 0 Å². The van der Waals surface area contributed by atoms with Crippen LogP contribution in [0.25, 0.3) is 11.0 Å². The number of unbranched alkanes of at least 4 members (excludes halogenated alkanes) is 1. The van der Waals surface area contributed by atoms with Crippen LogP contribution in [0.15, 0.2) is 27.8 Å². The third-order valence-corrected chi connectivity index (χ3v) is 3.04. The summed E-state index contributed by atoms with van der Waals surface area (Å²) in [5.41, 5.74) is 7.01. The molecular weight excluding hydrogens is 230 g/mol. The first kappa shape index (κ1) is 12.6. The SMILES string of the molecule is CCCCC(N)c1ccc2[nH]c(=O)c(=O)[nH]c2c1. The smallest absolute Gasteiger partial charge is 0.314 e. The number of fused-ring (bicyclic) bond motifs is 1. The number of nitrogens with two attached hydrogens (primary N) is 1. The minimum absolute atomic E-state index is 0.0372. The van der Waals surface area contributed by atoms with Gasteiger partial charge in [0, 0.05) is 6.04 Å². The van der Waals surface area contributed by atoms with Crippen molar-refractivity contribution < 1.29 is 0 Å². The molecule has 1 heterocycles. The molecule has 1 unspecified atom stereocenters. The maximum absolute atomic E-state index is 11.3. The van der Waals surface area contributed by atoms with Gasteiger partial charge in [-0.3, -0.25) is 9.59 Å². The summed E-state index contributed by atoms with van der Waals surface area (Å²) < 4.78 is 0. The number of aromatic nitrogens is 2. The molecule has 0 saturated carbocycles. The molecule has 0 aliphatic rings. The number of hydrogen-bond acceptors (Lipinski definition) is 3. The molecular formula is C13H17N3O2. The van der Waals surface area contributed by atoms with Crippen LogP contribution in [-0.4, -0.2) is 9.97 Å². The Bertz CT molecular complexity index is 657. The molecule has 1 aromatic carbocycles. The standard InChI is InChI=1S/C13H17N3O2/c1-2-3-4-9(14)8-5-6-10-11(7-8)16-13(18)12(17)15-10/h5-7,9H,2-4,14H2,1H3,(H,15,17)(H,16,18). The molecule has 5 nitrogen and oxygen atoms in total. The third kappa shape index (κ3) is 2.51. The summed E-state index contributed by atoms with van der Waals surface area (Å²) in [5, 5.41) is 0. The molecule has 0 amide bonds. The van der Waals surface area contributed by atoms with Crippen molar-refractivity contribution in [3.63, 3.8) is 0 Å². The first-order valence-electron chi connectivity index (χ1n) is 6.13. The highest BCUT2D eigenvalue weighted by molar-refractivity contribution is 5.74. The lowest BCUT2D eigenvalue weighted by molar-refractivity contribution is 0.604. The zero-order valence-electron chi connectivity index (χ0n) is 10.3. The summed E-state index contributed by atoms with van der Waals surface area (Å²) in [6, 6.07) is 5.45. The maximum atomic E-state index is 11.3. The zero-order chi connectivity index (χ0) is 13.1. The summed E-state index contributed by atoms with van der Waals surface area (Å²) in [5.74, 6) is 0. The van der Waals surface area contributed by atoms with E-state index in [0.717, 1.165) is 24.8 Å². The van der Waals surface area contributed by atoms with E-state index in [0.29, 0.717) is 11.0 Å². The molecule has 4 N–H and O–H groups in total. The summed E-state index contributed by atoms with van der Waals surface area (Å²) >= 11 is 0. The largest absolute Gasteiger partial charge is 0.324 e. The molecule has 0 spiro atoms. The van der Waals surface area contributed by atoms with Gasteiger partial charge in [0.1, 0.15) is 0 Å². The van der Waals surface area contributed by atoms with Crippen LogP contribution in [0.1, 0.15) is 37.8 Å². The van der Waals surface area contributed by atoms with E-state index < -0.39 is 11.1 Å². The van der Waals surface area contributed by atoms with Gasteiger partial charge in [-0.2, -0.15) is 0 Å². The van der Waals surface area contributed by atoms with Crippen molar-refractivity contribution in [2.24, 2.45) is 5.73 Å². The van der Waals surface area contributed by atoms with E-state index in [1.165, 1.54) is 0 Å². The summed E-state index contributed by atoms with van der Waals surface area (Å²) in [7, 11) is 0. The van der Waals surface area contributed by atoms with Crippen molar-refractivity contribution in [3.05, 3.63) is 44.5 Å². The van der Waals surface area contributed by atoms with E-state index in [1.807, 2.05) is 12.1 Å². The second-order valence-corrected chi connectivity index (χ2v) is 4.46. The van der Waals surface area contributed by atoms with Crippen LogP contribution >= 0.6 is 0 Å². The van der Waals surface area contributed by atoms with Gasteiger partial charge in [-0.15, -0.1) is 0 Å². The van der Waals surface area contributed by atoms with Crippen molar-refractivity contribution in [1.82, 2.24) is 9.97 Å². The molecule has 18 heavy (non-hydrogen) atoms. The van der Waals surface area contributed by atoms with E-state index >= 15 is 0 Å². The van der Waals surface area contributed by atoms with Crippen molar-refractivity contribution in [2.45, 2.75) is 32.2 Å². The molecule has 1 aromatic heterocycles. The first-order valence-corrected chi connectivity index (χ1v) is 6.13. The quantitative estimate of drug-likeness (QED) is 0.713. The van der Waals surface area contributed by atoms with Gasteiger partial charge in [0.15, 0.2) is 0 Å². The Labute approximate surface area is 104 Å². The van der Waals surface area contributed by atoms with Crippen molar-refractivity contribution >= 4 is 11.0 Å². The second kappa shape index (κ2) is 5.18. The fourth-order valence-electron chi connectivity index (χ4n) is 1.95. The number of H-pyrrole nitrogens is 2. The fourth-order valence-corrected chi connectivity index (χ4v) is 1.95. The highest BCUT2D eigenvalue weighted by atomic mass is 16.2. The number of rotatable bonds is 4. The molecule has 96 valence electrons. The summed E-state index contributed by atoms with van der Waals surface area (Å²) in [4.78, 5) is 27.5. The Balaban J connectivity index is 2.41. The van der Waals surface area contributed by atoms with Crippen LogP contribution in [0, 0.1) is 0 Å². The second-order valence-electron chi connectivity index (χ2n) is 4.46. The number of aromatic amines is 2. The Morgan fingerprint density at radius 2 is 1.83 bits per heavy atom. The highest BCUT2D eigenvalue weighted by Gasteiger charge is 2.07. The van der Waals surface area contributed by atoms with Gasteiger partial charge in [0.05, 0.1) is 11.0 Å². The first-order chi connectivity index (χ1) is 8.61. The summed E-state index contributed by atoms with van der Waals surface area (Å²) in [6.45, 7) is 2.12. The molecule has 5 heteroatoms. The van der Waals surface area contributed by atoms with E-state index in [2.05, 4.69) is 16.9 Å². The average Bonchev–Trinajstić information content (AvgIpc) is 2.36. The van der Waals surface area contributed by atoms with Crippen LogP contribution < -0.4 is 16.9 Å². The average molecular weight is 247 g/mol. The van der Waals surface area contributed by atoms with E-state index in [4.69, 9.17) is 5.73 Å². The Morgan fingerprint density at radius 3 is 2.50 bits per heavy atom. The van der Waals surface area contributed by atoms with Gasteiger partial charge >= 0.3 is 11.1 Å². The van der Waals surface area contributed by atoms with E-state index in [-0.39, 0.29) is 6.04 Å². The minimum Gasteiger partial charge on any atom is -0.324 e. The van der Waals surface area contributed by atoms with Gasteiger partial charge in [-0.25, -0.2) is 0 Å². The van der Waals surface area contributed by atoms with Gasteiger partial charge < -0.3 is 15.7 Å². The molecule has 0 radical (unpaired) electrons. The Hall–Kier alpha value is -1.88. The zero-order valence-corrected chi connectivity index (χ0v) is 10.3. The topological polar surface area (TPSA) is 91.7 Å². The van der Waals surface area contributed by atoms with Crippen LogP contribution in [-0.2, 0) is 0 Å². The van der Waals surface area contributed by atoms with Gasteiger partial charge in [0.25, 0.3) is 0 Å². The maximum Gasteiger partial charge on any atom is 0.314 e. The lowest BCUT2D eigenvalue weighted by Gasteiger charge is -2.11. The number of benzene rings is 1. The Kier molecular flexibility index (Phi) is 3.62. The molecule has 0 aliphatic heterocycles. The van der Waals surface area contributed by atoms with Crippen molar-refractivity contribution in [1.29, 1.82) is 0 Å². The van der Waals surface area contributed by atoms with Crippen LogP contribution in [0.4, 0.5) is 0 Å². The molecule has 0 bridgehead atoms. The lowest BCUT2D eigenvalue weighted by Crippen LogP contribution is -2.29. The monoisotopic (exact) mass is 247 g/mol. The normalized spacial score (nSPS) is 12.8. The predicted molar refractivity (Wildman–Crippen MR) is 71.6 cm³/mol. The number of hydrogen-bond donors (Lipinski definition) is 3. The van der Waals surface area contributed by atoms with Gasteiger partial charge in [0.2, 0.25) is 0 Å². The van der Waals surface area contributed by atoms with Gasteiger partial charge in [-0.1, -0.05) is 25.8 Å². The molecule has 0 aliphatic carbocycles. The minimum atomic E-state index is -0.637. The van der Waals surface area contributed by atoms with E-state index in [1.54, 1.807) is 6.07 Å². The third-order valence-electron chi connectivity index (χ3n) is 3.04. The van der Waals surface area contributed by atoms with Gasteiger partial charge in [-0.05, 0) is 24.1 Å². The molecule has 2 rings (SSSR count).